The molecule has 8 nitrogen and oxygen atoms in total. The first-order valence-corrected chi connectivity index (χ1v) is 10.3. The molecule has 0 fully saturated rings. The second-order valence-electron chi connectivity index (χ2n) is 5.87. The number of hydrogen-bond donors (Lipinski definition) is 0. The van der Waals surface area contributed by atoms with Gasteiger partial charge < -0.3 is 4.74 Å². The first-order chi connectivity index (χ1) is 10.6. The molecule has 0 N–H and O–H groups in total. The predicted octanol–water partition coefficient (Wildman–Crippen LogP) is 3.14. The zero-order valence-electron chi connectivity index (χ0n) is 13.4. The van der Waals surface area contributed by atoms with E-state index < -0.39 is 29.3 Å². The Morgan fingerprint density at radius 3 is 2.17 bits per heavy atom. The molecule has 0 aliphatic carbocycles. The van der Waals surface area contributed by atoms with Gasteiger partial charge >= 0.3 is 11.4 Å². The Hall–Kier alpha value is -2.39. The summed E-state index contributed by atoms with van der Waals surface area (Å²) in [5, 5.41) is 22.4. The molecule has 0 aromatic heterocycles. The number of Topliss-reactive ketones (excluding diaryl/α,β-unsaturated/α-hetero) is 1. The van der Waals surface area contributed by atoms with Gasteiger partial charge in [-0.2, -0.15) is 0 Å². The van der Waals surface area contributed by atoms with E-state index >= 15 is 0 Å². The van der Waals surface area contributed by atoms with Crippen molar-refractivity contribution < 1.29 is 19.4 Å². The van der Waals surface area contributed by atoms with Crippen LogP contribution in [0, 0.1) is 20.2 Å². The molecule has 0 saturated carbocycles. The van der Waals surface area contributed by atoms with Gasteiger partial charge in [-0.1, -0.05) is 25.7 Å². The quantitative estimate of drug-likeness (QED) is 0.248. The number of hydrogen-bond acceptors (Lipinski definition) is 6. The summed E-state index contributed by atoms with van der Waals surface area (Å²) in [6.45, 7) is 6.14. The Morgan fingerprint density at radius 1 is 1.17 bits per heavy atom. The fraction of sp³-hybridized carbons (Fsp3) is 0.357. The van der Waals surface area contributed by atoms with Crippen molar-refractivity contribution in [3.8, 4) is 0 Å². The highest BCUT2D eigenvalue weighted by molar-refractivity contribution is 6.87. The molecule has 0 bridgehead atoms. The van der Waals surface area contributed by atoms with Gasteiger partial charge in [0.2, 0.25) is 0 Å². The lowest BCUT2D eigenvalue weighted by Gasteiger charge is -2.20. The molecule has 0 amide bonds. The number of nitrogens with zero attached hydrogens (tertiary/aromatic N) is 2. The second kappa shape index (κ2) is 7.25. The van der Waals surface area contributed by atoms with Crippen LogP contribution in [0.2, 0.25) is 19.6 Å². The van der Waals surface area contributed by atoms with Gasteiger partial charge in [0.05, 0.1) is 24.5 Å². The zero-order chi connectivity index (χ0) is 17.8. The van der Waals surface area contributed by atoms with Crippen LogP contribution in [-0.2, 0) is 4.74 Å². The molecule has 0 atom stereocenters. The van der Waals surface area contributed by atoms with Crippen LogP contribution in [0.1, 0.15) is 10.4 Å². The predicted molar refractivity (Wildman–Crippen MR) is 87.4 cm³/mol. The molecule has 0 aliphatic rings. The van der Waals surface area contributed by atoms with E-state index in [1.807, 2.05) is 19.6 Å². The maximum atomic E-state index is 12.7. The van der Waals surface area contributed by atoms with E-state index in [0.717, 1.165) is 12.1 Å². The summed E-state index contributed by atoms with van der Waals surface area (Å²) in [7, 11) is -0.522. The van der Waals surface area contributed by atoms with Gasteiger partial charge in [0.25, 0.3) is 0 Å². The molecule has 0 radical (unpaired) electrons. The topological polar surface area (TPSA) is 113 Å². The van der Waals surface area contributed by atoms with Crippen LogP contribution in [0.4, 0.5) is 11.4 Å². The van der Waals surface area contributed by atoms with Crippen molar-refractivity contribution in [1.82, 2.24) is 0 Å². The summed E-state index contributed by atoms with van der Waals surface area (Å²) in [5.74, 6) is -0.362. The van der Waals surface area contributed by atoms with E-state index in [1.54, 1.807) is 6.08 Å². The Kier molecular flexibility index (Phi) is 5.88. The standard InChI is InChI=1S/C14H18N2O6Si/c1-22-8-7-13(23(2,3)4)14(17)10-5-6-11(15(18)19)12(9-10)16(20)21/h5-7,9H,8H2,1-4H3/b13-7-. The third-order valence-corrected chi connectivity index (χ3v) is 5.18. The summed E-state index contributed by atoms with van der Waals surface area (Å²) in [4.78, 5) is 32.8. The number of ketones is 1. The number of methoxy groups -OCH3 is 1. The number of benzene rings is 1. The molecule has 0 aliphatic heterocycles. The van der Waals surface area contributed by atoms with Gasteiger partial charge in [-0.05, 0) is 11.3 Å². The van der Waals surface area contributed by atoms with Gasteiger partial charge in [-0.15, -0.1) is 0 Å². The van der Waals surface area contributed by atoms with Crippen LogP contribution in [0.5, 0.6) is 0 Å². The van der Waals surface area contributed by atoms with Crippen molar-refractivity contribution >= 4 is 25.2 Å². The molecule has 1 aromatic carbocycles. The monoisotopic (exact) mass is 338 g/mol. The van der Waals surface area contributed by atoms with E-state index in [-0.39, 0.29) is 18.0 Å². The molecule has 9 heteroatoms. The Balaban J connectivity index is 3.39. The maximum Gasteiger partial charge on any atom is 0.346 e. The summed E-state index contributed by atoms with van der Waals surface area (Å²) in [6, 6.07) is 3.19. The SMILES string of the molecule is COC/C=C(/C(=O)c1ccc([N+](=O)[O-])c([N+](=O)[O-])c1)[Si](C)(C)C. The van der Waals surface area contributed by atoms with Crippen molar-refractivity contribution in [2.45, 2.75) is 19.6 Å². The van der Waals surface area contributed by atoms with Gasteiger partial charge in [0.15, 0.2) is 5.78 Å². The van der Waals surface area contributed by atoms with Crippen molar-refractivity contribution in [3.63, 3.8) is 0 Å². The number of carbonyl (C=O) groups excluding carboxylic acids is 1. The fourth-order valence-corrected chi connectivity index (χ4v) is 3.55. The van der Waals surface area contributed by atoms with E-state index in [4.69, 9.17) is 4.74 Å². The Bertz CT molecular complexity index is 678. The average Bonchev–Trinajstić information content (AvgIpc) is 2.45. The van der Waals surface area contributed by atoms with Gasteiger partial charge in [0.1, 0.15) is 0 Å². The Morgan fingerprint density at radius 2 is 1.74 bits per heavy atom. The number of nitro benzene ring substituents is 2. The minimum Gasteiger partial charge on any atom is -0.381 e. The number of carbonyl (C=O) groups is 1. The highest BCUT2D eigenvalue weighted by Gasteiger charge is 2.30. The molecule has 0 unspecified atom stereocenters. The number of allylic oxidation sites excluding steroid dienone is 1. The van der Waals surface area contributed by atoms with E-state index in [0.29, 0.717) is 5.20 Å². The van der Waals surface area contributed by atoms with Crippen LogP contribution in [0.3, 0.4) is 0 Å². The van der Waals surface area contributed by atoms with Crippen molar-refractivity contribution in [2.24, 2.45) is 0 Å². The number of ether oxygens (including phenoxy) is 1. The molecule has 0 spiro atoms. The first kappa shape index (κ1) is 18.7. The van der Waals surface area contributed by atoms with Crippen LogP contribution in [0.15, 0.2) is 29.5 Å². The first-order valence-electron chi connectivity index (χ1n) is 6.76. The van der Waals surface area contributed by atoms with E-state index in [9.17, 15) is 25.0 Å². The fourth-order valence-electron chi connectivity index (χ4n) is 2.03. The van der Waals surface area contributed by atoms with Crippen molar-refractivity contribution in [1.29, 1.82) is 0 Å². The summed E-state index contributed by atoms with van der Waals surface area (Å²) in [5.41, 5.74) is -1.27. The second-order valence-corrected chi connectivity index (χ2v) is 10.9. The van der Waals surface area contributed by atoms with Crippen LogP contribution in [-0.4, -0.2) is 37.4 Å². The van der Waals surface area contributed by atoms with Gasteiger partial charge in [-0.25, -0.2) is 0 Å². The molecular weight excluding hydrogens is 320 g/mol. The third kappa shape index (κ3) is 4.54. The Labute approximate surface area is 134 Å². The molecule has 1 rings (SSSR count). The van der Waals surface area contributed by atoms with Crippen LogP contribution < -0.4 is 0 Å². The summed E-state index contributed by atoms with van der Waals surface area (Å²) in [6.07, 6.45) is 1.67. The number of nitro groups is 2. The normalized spacial score (nSPS) is 12.1. The van der Waals surface area contributed by atoms with E-state index in [1.165, 1.54) is 13.2 Å². The lowest BCUT2D eigenvalue weighted by atomic mass is 10.1. The highest BCUT2D eigenvalue weighted by atomic mass is 28.3. The zero-order valence-corrected chi connectivity index (χ0v) is 14.4. The van der Waals surface area contributed by atoms with Crippen molar-refractivity contribution in [2.75, 3.05) is 13.7 Å². The molecule has 124 valence electrons. The number of rotatable bonds is 7. The van der Waals surface area contributed by atoms with Crippen LogP contribution >= 0.6 is 0 Å². The molecule has 23 heavy (non-hydrogen) atoms. The molecular formula is C14H18N2O6Si. The highest BCUT2D eigenvalue weighted by Crippen LogP contribution is 2.29. The van der Waals surface area contributed by atoms with Gasteiger partial charge in [0, 0.05) is 24.8 Å². The average molecular weight is 338 g/mol. The molecule has 1 aromatic rings. The lowest BCUT2D eigenvalue weighted by molar-refractivity contribution is -0.422. The lowest BCUT2D eigenvalue weighted by Crippen LogP contribution is -2.30. The van der Waals surface area contributed by atoms with Crippen molar-refractivity contribution in [3.05, 3.63) is 55.3 Å². The third-order valence-electron chi connectivity index (χ3n) is 3.14. The summed E-state index contributed by atoms with van der Waals surface area (Å²) >= 11 is 0. The molecule has 0 saturated heterocycles. The minimum absolute atomic E-state index is 0.0621. The summed E-state index contributed by atoms with van der Waals surface area (Å²) < 4.78 is 4.96. The smallest absolute Gasteiger partial charge is 0.346 e. The minimum atomic E-state index is -2.02. The van der Waals surface area contributed by atoms with Gasteiger partial charge in [-0.3, -0.25) is 25.0 Å². The largest absolute Gasteiger partial charge is 0.381 e. The molecule has 0 heterocycles. The van der Waals surface area contributed by atoms with Crippen LogP contribution in [0.25, 0.3) is 0 Å². The maximum absolute atomic E-state index is 12.7. The van der Waals surface area contributed by atoms with E-state index in [2.05, 4.69) is 0 Å².